The van der Waals surface area contributed by atoms with Gasteiger partial charge in [-0.05, 0) is 36.8 Å². The van der Waals surface area contributed by atoms with E-state index in [0.717, 1.165) is 27.6 Å². The van der Waals surface area contributed by atoms with Gasteiger partial charge in [0.25, 0.3) is 0 Å². The molecule has 0 radical (unpaired) electrons. The fourth-order valence-electron chi connectivity index (χ4n) is 4.39. The van der Waals surface area contributed by atoms with Crippen molar-refractivity contribution < 1.29 is 37.3 Å². The Kier molecular flexibility index (Phi) is 10.2. The van der Waals surface area contributed by atoms with Crippen LogP contribution in [0.2, 0.25) is 0 Å². The van der Waals surface area contributed by atoms with Crippen LogP contribution in [0, 0.1) is 0 Å². The highest BCUT2D eigenvalue weighted by Gasteiger charge is 2.26. The van der Waals surface area contributed by atoms with Gasteiger partial charge in [-0.25, -0.2) is 4.57 Å². The molecule has 218 valence electrons. The first-order valence-electron chi connectivity index (χ1n) is 13.6. The van der Waals surface area contributed by atoms with E-state index in [9.17, 15) is 9.46 Å². The second-order valence-corrected chi connectivity index (χ2v) is 11.6. The largest absolute Gasteiger partial charge is 0.527 e. The van der Waals surface area contributed by atoms with Crippen molar-refractivity contribution in [2.75, 3.05) is 19.8 Å². The monoisotopic (exact) mass is 606 g/mol. The third-order valence-electron chi connectivity index (χ3n) is 6.34. The van der Waals surface area contributed by atoms with Crippen LogP contribution in [0.15, 0.2) is 108 Å². The SMILES string of the molecule is CCOC(COc1ccc(OCc2ccccc2)c2ccccc12)COP(=O)(O)Oc1cccc(C[n+]2ccsc2)c1. The maximum Gasteiger partial charge on any atom is 0.527 e. The Bertz CT molecular complexity index is 1610. The molecular weight excluding hydrogens is 573 g/mol. The number of nitrogens with zero attached hydrogens (tertiary/aromatic N) is 1. The molecule has 8 nitrogen and oxygen atoms in total. The zero-order chi connectivity index (χ0) is 29.2. The van der Waals surface area contributed by atoms with Crippen molar-refractivity contribution in [1.29, 1.82) is 0 Å². The summed E-state index contributed by atoms with van der Waals surface area (Å²) in [7, 11) is -4.41. The van der Waals surface area contributed by atoms with E-state index in [1.165, 1.54) is 0 Å². The minimum Gasteiger partial charge on any atom is -0.490 e. The third kappa shape index (κ3) is 8.41. The number of hydrogen-bond acceptors (Lipinski definition) is 7. The van der Waals surface area contributed by atoms with E-state index >= 15 is 0 Å². The first-order chi connectivity index (χ1) is 20.5. The Morgan fingerprint density at radius 3 is 2.29 bits per heavy atom. The van der Waals surface area contributed by atoms with Crippen LogP contribution in [0.1, 0.15) is 18.1 Å². The summed E-state index contributed by atoms with van der Waals surface area (Å²) in [5.74, 6) is 1.65. The number of aromatic nitrogens is 1. The lowest BCUT2D eigenvalue weighted by atomic mass is 10.1. The summed E-state index contributed by atoms with van der Waals surface area (Å²) in [5.41, 5.74) is 4.00. The van der Waals surface area contributed by atoms with Gasteiger partial charge in [-0.2, -0.15) is 4.57 Å². The van der Waals surface area contributed by atoms with Gasteiger partial charge in [0.2, 0.25) is 5.51 Å². The maximum absolute atomic E-state index is 12.8. The van der Waals surface area contributed by atoms with Gasteiger partial charge in [-0.3, -0.25) is 9.42 Å². The maximum atomic E-state index is 12.8. The second-order valence-electron chi connectivity index (χ2n) is 9.47. The molecule has 1 N–H and O–H groups in total. The molecule has 0 amide bonds. The summed E-state index contributed by atoms with van der Waals surface area (Å²) in [6.45, 7) is 3.21. The highest BCUT2D eigenvalue weighted by molar-refractivity contribution is 7.47. The molecule has 0 fully saturated rings. The second kappa shape index (κ2) is 14.4. The van der Waals surface area contributed by atoms with Crippen molar-refractivity contribution in [2.45, 2.75) is 26.2 Å². The van der Waals surface area contributed by atoms with Gasteiger partial charge in [0.05, 0.1) is 12.0 Å². The lowest BCUT2D eigenvalue weighted by Gasteiger charge is -2.20. The molecule has 0 saturated heterocycles. The fraction of sp³-hybridized carbons (Fsp3) is 0.219. The van der Waals surface area contributed by atoms with Crippen molar-refractivity contribution in [3.05, 3.63) is 119 Å². The summed E-state index contributed by atoms with van der Waals surface area (Å²) >= 11 is 1.59. The van der Waals surface area contributed by atoms with E-state index in [1.54, 1.807) is 29.5 Å². The third-order valence-corrected chi connectivity index (χ3v) is 7.93. The van der Waals surface area contributed by atoms with Crippen molar-refractivity contribution in [2.24, 2.45) is 0 Å². The predicted octanol–water partition coefficient (Wildman–Crippen LogP) is 6.80. The molecule has 5 aromatic rings. The number of benzene rings is 4. The van der Waals surface area contributed by atoms with Gasteiger partial charge in [0, 0.05) is 22.9 Å². The van der Waals surface area contributed by atoms with E-state index in [1.807, 2.05) is 101 Å². The van der Waals surface area contributed by atoms with Crippen LogP contribution in [-0.4, -0.2) is 30.8 Å². The Morgan fingerprint density at radius 2 is 1.57 bits per heavy atom. The molecule has 0 bridgehead atoms. The molecule has 0 aliphatic heterocycles. The average Bonchev–Trinajstić information content (AvgIpc) is 3.51. The van der Waals surface area contributed by atoms with E-state index in [-0.39, 0.29) is 19.0 Å². The van der Waals surface area contributed by atoms with Gasteiger partial charge < -0.3 is 18.7 Å². The highest BCUT2D eigenvalue weighted by Crippen LogP contribution is 2.44. The number of hydrogen-bond donors (Lipinski definition) is 1. The molecule has 5 rings (SSSR count). The lowest BCUT2D eigenvalue weighted by Crippen LogP contribution is -2.30. The molecule has 0 aliphatic carbocycles. The van der Waals surface area contributed by atoms with Crippen molar-refractivity contribution in [3.63, 3.8) is 0 Å². The van der Waals surface area contributed by atoms with Gasteiger partial charge >= 0.3 is 7.82 Å². The van der Waals surface area contributed by atoms with Gasteiger partial charge in [0.1, 0.15) is 36.6 Å². The highest BCUT2D eigenvalue weighted by atomic mass is 32.1. The Hall–Kier alpha value is -3.72. The number of rotatable bonds is 15. The van der Waals surface area contributed by atoms with Crippen LogP contribution in [-0.2, 0) is 27.0 Å². The molecule has 0 saturated carbocycles. The van der Waals surface area contributed by atoms with Crippen molar-refractivity contribution in [3.8, 4) is 17.2 Å². The van der Waals surface area contributed by atoms with Crippen LogP contribution >= 0.6 is 19.2 Å². The molecule has 1 aromatic heterocycles. The molecule has 2 unspecified atom stereocenters. The Morgan fingerprint density at radius 1 is 0.857 bits per heavy atom. The molecule has 10 heteroatoms. The summed E-state index contributed by atoms with van der Waals surface area (Å²) in [5, 5.41) is 3.78. The smallest absolute Gasteiger partial charge is 0.490 e. The molecule has 2 atom stereocenters. The Balaban J connectivity index is 1.19. The topological polar surface area (TPSA) is 87.3 Å². The normalized spacial score (nSPS) is 13.4. The van der Waals surface area contributed by atoms with Gasteiger partial charge in [-0.1, -0.05) is 78.1 Å². The van der Waals surface area contributed by atoms with E-state index < -0.39 is 13.9 Å². The molecule has 0 aliphatic rings. The number of thiazole rings is 1. The molecular formula is C32H33NO7PS+. The fourth-order valence-corrected chi connectivity index (χ4v) is 5.78. The van der Waals surface area contributed by atoms with Crippen LogP contribution in [0.5, 0.6) is 17.2 Å². The zero-order valence-corrected chi connectivity index (χ0v) is 24.9. The number of phosphoric ester groups is 1. The van der Waals surface area contributed by atoms with E-state index in [0.29, 0.717) is 25.5 Å². The van der Waals surface area contributed by atoms with Crippen LogP contribution in [0.25, 0.3) is 10.8 Å². The first kappa shape index (κ1) is 29.8. The Labute approximate surface area is 249 Å². The van der Waals surface area contributed by atoms with Crippen LogP contribution in [0.3, 0.4) is 0 Å². The number of ether oxygens (including phenoxy) is 3. The van der Waals surface area contributed by atoms with Gasteiger partial charge in [0.15, 0.2) is 12.7 Å². The molecule has 0 spiro atoms. The standard InChI is InChI=1S/C32H32NO7PS/c1-2-36-28(23-39-41(34,35)40-27-12-8-11-26(19-27)20-33-17-18-42-24-33)22-38-32-16-15-31(29-13-6-7-14-30(29)32)37-21-25-9-4-3-5-10-25/h3-19,24,28H,2,20-23H2,1H3/p+1. The summed E-state index contributed by atoms with van der Waals surface area (Å²) < 4.78 is 43.4. The average molecular weight is 607 g/mol. The van der Waals surface area contributed by atoms with Crippen LogP contribution < -0.4 is 18.6 Å². The molecule has 42 heavy (non-hydrogen) atoms. The molecule has 1 heterocycles. The zero-order valence-electron chi connectivity index (χ0n) is 23.2. The van der Waals surface area contributed by atoms with Crippen molar-refractivity contribution >= 4 is 29.9 Å². The van der Waals surface area contributed by atoms with Gasteiger partial charge in [-0.15, -0.1) is 0 Å². The minimum atomic E-state index is -4.41. The number of phosphoric acid groups is 1. The van der Waals surface area contributed by atoms with Crippen molar-refractivity contribution in [1.82, 2.24) is 0 Å². The van der Waals surface area contributed by atoms with E-state index in [4.69, 9.17) is 23.3 Å². The molecule has 4 aromatic carbocycles. The lowest BCUT2D eigenvalue weighted by molar-refractivity contribution is -0.683. The summed E-state index contributed by atoms with van der Waals surface area (Å²) in [6.07, 6.45) is 1.36. The summed E-state index contributed by atoms with van der Waals surface area (Å²) in [6, 6.07) is 28.6. The van der Waals surface area contributed by atoms with Crippen LogP contribution in [0.4, 0.5) is 0 Å². The summed E-state index contributed by atoms with van der Waals surface area (Å²) in [4.78, 5) is 10.4. The number of fused-ring (bicyclic) bond motifs is 1. The quantitative estimate of drug-likeness (QED) is 0.104. The minimum absolute atomic E-state index is 0.107. The predicted molar refractivity (Wildman–Crippen MR) is 162 cm³/mol. The first-order valence-corrected chi connectivity index (χ1v) is 16.0. The van der Waals surface area contributed by atoms with E-state index in [2.05, 4.69) is 0 Å².